The van der Waals surface area contributed by atoms with Crippen LogP contribution in [0.25, 0.3) is 21.8 Å². The molecule has 1 aromatic carbocycles. The summed E-state index contributed by atoms with van der Waals surface area (Å²) >= 11 is 7.47. The van der Waals surface area contributed by atoms with Crippen LogP contribution in [0.5, 0.6) is 0 Å². The summed E-state index contributed by atoms with van der Waals surface area (Å²) in [6, 6.07) is 9.28. The van der Waals surface area contributed by atoms with Crippen LogP contribution in [-0.4, -0.2) is 14.1 Å². The molecule has 0 saturated carbocycles. The van der Waals surface area contributed by atoms with Crippen molar-refractivity contribution in [1.82, 2.24) is 14.1 Å². The number of hydrogen-bond acceptors (Lipinski definition) is 4. The lowest BCUT2D eigenvalue weighted by Gasteiger charge is -1.99. The molecule has 0 bridgehead atoms. The highest BCUT2D eigenvalue weighted by Gasteiger charge is 2.17. The van der Waals surface area contributed by atoms with Gasteiger partial charge in [-0.1, -0.05) is 11.6 Å². The van der Waals surface area contributed by atoms with Crippen LogP contribution in [0.4, 0.5) is 0 Å². The van der Waals surface area contributed by atoms with Gasteiger partial charge in [0.25, 0.3) is 0 Å². The Balaban J connectivity index is 1.75. The Hall–Kier alpha value is -2.31. The van der Waals surface area contributed by atoms with Crippen LogP contribution in [0, 0.1) is 6.92 Å². The summed E-state index contributed by atoms with van der Waals surface area (Å²) < 4.78 is 9.17. The van der Waals surface area contributed by atoms with E-state index >= 15 is 0 Å². The van der Waals surface area contributed by atoms with E-state index in [-0.39, 0.29) is 5.69 Å². The van der Waals surface area contributed by atoms with Gasteiger partial charge >= 0.3 is 5.69 Å². The summed E-state index contributed by atoms with van der Waals surface area (Å²) in [7, 11) is 1.78. The zero-order valence-corrected chi connectivity index (χ0v) is 14.7. The van der Waals surface area contributed by atoms with Gasteiger partial charge < -0.3 is 4.42 Å². The second-order valence-electron chi connectivity index (χ2n) is 5.57. The maximum Gasteiger partial charge on any atom is 0.329 e. The average Bonchev–Trinajstić information content (AvgIpc) is 3.23. The van der Waals surface area contributed by atoms with Gasteiger partial charge in [0.2, 0.25) is 5.89 Å². The van der Waals surface area contributed by atoms with E-state index in [0.717, 1.165) is 21.6 Å². The number of aromatic nitrogens is 3. The summed E-state index contributed by atoms with van der Waals surface area (Å²) in [6.07, 6.45) is 0. The fraction of sp³-hybridized carbons (Fsp3) is 0.176. The van der Waals surface area contributed by atoms with Crippen LogP contribution in [-0.2, 0) is 13.6 Å². The Kier molecular flexibility index (Phi) is 3.58. The third kappa shape index (κ3) is 2.39. The van der Waals surface area contributed by atoms with E-state index in [9.17, 15) is 4.79 Å². The van der Waals surface area contributed by atoms with Crippen LogP contribution < -0.4 is 5.69 Å². The lowest BCUT2D eigenvalue weighted by molar-refractivity contribution is 0.537. The molecule has 122 valence electrons. The summed E-state index contributed by atoms with van der Waals surface area (Å²) in [5.41, 5.74) is 2.48. The Bertz CT molecular complexity index is 1090. The molecule has 0 aliphatic heterocycles. The van der Waals surface area contributed by atoms with Gasteiger partial charge in [-0.05, 0) is 42.6 Å². The number of hydrogen-bond donors (Lipinski definition) is 0. The lowest BCUT2D eigenvalue weighted by Crippen LogP contribution is -2.23. The quantitative estimate of drug-likeness (QED) is 0.554. The van der Waals surface area contributed by atoms with Gasteiger partial charge in [-0.2, -0.15) is 0 Å². The van der Waals surface area contributed by atoms with Crippen LogP contribution in [0.1, 0.15) is 11.5 Å². The molecule has 3 aromatic heterocycles. The average molecular weight is 360 g/mol. The number of imidazole rings is 1. The fourth-order valence-electron chi connectivity index (χ4n) is 2.72. The summed E-state index contributed by atoms with van der Waals surface area (Å²) in [4.78, 5) is 18.0. The molecule has 3 heterocycles. The van der Waals surface area contributed by atoms with Crippen molar-refractivity contribution >= 4 is 33.3 Å². The largest absolute Gasteiger partial charge is 0.441 e. The fourth-order valence-corrected chi connectivity index (χ4v) is 3.70. The molecule has 0 aliphatic rings. The molecule has 0 N–H and O–H groups in total. The summed E-state index contributed by atoms with van der Waals surface area (Å²) in [5, 5.41) is 2.65. The Labute approximate surface area is 146 Å². The molecule has 0 saturated heterocycles. The minimum atomic E-state index is -0.0488. The van der Waals surface area contributed by atoms with Gasteiger partial charge in [0.05, 0.1) is 12.1 Å². The van der Waals surface area contributed by atoms with Crippen molar-refractivity contribution in [2.45, 2.75) is 13.5 Å². The number of thiophene rings is 1. The highest BCUT2D eigenvalue weighted by molar-refractivity contribution is 7.16. The van der Waals surface area contributed by atoms with E-state index in [0.29, 0.717) is 23.2 Å². The van der Waals surface area contributed by atoms with E-state index in [1.54, 1.807) is 39.7 Å². The SMILES string of the molecule is Cc1oc(-c2ccc(Cl)cc2)nc1Cn1c(=O)n(C)c2sccc21. The molecule has 0 radical (unpaired) electrons. The van der Waals surface area contributed by atoms with Crippen LogP contribution in [0.2, 0.25) is 5.02 Å². The zero-order chi connectivity index (χ0) is 16.8. The minimum absolute atomic E-state index is 0.0488. The van der Waals surface area contributed by atoms with E-state index in [2.05, 4.69) is 4.98 Å². The van der Waals surface area contributed by atoms with Crippen LogP contribution in [0.15, 0.2) is 44.9 Å². The topological polar surface area (TPSA) is 53.0 Å². The number of benzene rings is 1. The first-order valence-electron chi connectivity index (χ1n) is 7.39. The van der Waals surface area contributed by atoms with Gasteiger partial charge in [0, 0.05) is 17.6 Å². The number of fused-ring (bicyclic) bond motifs is 1. The third-order valence-electron chi connectivity index (χ3n) is 4.03. The summed E-state index contributed by atoms with van der Waals surface area (Å²) in [5.74, 6) is 1.24. The van der Waals surface area contributed by atoms with Crippen molar-refractivity contribution < 1.29 is 4.42 Å². The predicted molar refractivity (Wildman–Crippen MR) is 95.8 cm³/mol. The second-order valence-corrected chi connectivity index (χ2v) is 6.90. The molecule has 24 heavy (non-hydrogen) atoms. The van der Waals surface area contributed by atoms with Crippen molar-refractivity contribution in [3.63, 3.8) is 0 Å². The highest BCUT2D eigenvalue weighted by Crippen LogP contribution is 2.25. The number of rotatable bonds is 3. The molecule has 0 atom stereocenters. The Morgan fingerprint density at radius 3 is 2.75 bits per heavy atom. The monoisotopic (exact) mass is 359 g/mol. The lowest BCUT2D eigenvalue weighted by atomic mass is 10.2. The standard InChI is InChI=1S/C17H14ClN3O2S/c1-10-13(19-15(23-10)11-3-5-12(18)6-4-11)9-21-14-7-8-24-16(14)20(2)17(21)22/h3-8H,9H2,1-2H3. The number of aryl methyl sites for hydroxylation is 2. The van der Waals surface area contributed by atoms with E-state index in [1.165, 1.54) is 0 Å². The molecular formula is C17H14ClN3O2S. The van der Waals surface area contributed by atoms with Crippen molar-refractivity contribution in [2.75, 3.05) is 0 Å². The number of halogens is 1. The molecule has 0 fully saturated rings. The molecule has 4 rings (SSSR count). The second kappa shape index (κ2) is 5.65. The molecule has 0 spiro atoms. The first-order chi connectivity index (χ1) is 11.5. The van der Waals surface area contributed by atoms with Crippen molar-refractivity contribution in [2.24, 2.45) is 7.05 Å². The zero-order valence-electron chi connectivity index (χ0n) is 13.1. The first-order valence-corrected chi connectivity index (χ1v) is 8.65. The van der Waals surface area contributed by atoms with Gasteiger partial charge in [-0.3, -0.25) is 9.13 Å². The van der Waals surface area contributed by atoms with Gasteiger partial charge in [-0.25, -0.2) is 9.78 Å². The van der Waals surface area contributed by atoms with Crippen LogP contribution >= 0.6 is 22.9 Å². The molecular weight excluding hydrogens is 346 g/mol. The normalized spacial score (nSPS) is 11.5. The predicted octanol–water partition coefficient (Wildman–Crippen LogP) is 4.07. The van der Waals surface area contributed by atoms with E-state index in [1.807, 2.05) is 30.5 Å². The maximum absolute atomic E-state index is 12.4. The molecule has 0 unspecified atom stereocenters. The van der Waals surface area contributed by atoms with E-state index in [4.69, 9.17) is 16.0 Å². The van der Waals surface area contributed by atoms with Crippen molar-refractivity contribution in [3.8, 4) is 11.5 Å². The molecule has 5 nitrogen and oxygen atoms in total. The Morgan fingerprint density at radius 1 is 1.25 bits per heavy atom. The summed E-state index contributed by atoms with van der Waals surface area (Å²) in [6.45, 7) is 2.25. The van der Waals surface area contributed by atoms with Crippen LogP contribution in [0.3, 0.4) is 0 Å². The number of nitrogens with zero attached hydrogens (tertiary/aromatic N) is 3. The molecule has 4 aromatic rings. The van der Waals surface area contributed by atoms with Gasteiger partial charge in [0.1, 0.15) is 16.3 Å². The smallest absolute Gasteiger partial charge is 0.329 e. The maximum atomic E-state index is 12.4. The van der Waals surface area contributed by atoms with Gasteiger partial charge in [0.15, 0.2) is 0 Å². The van der Waals surface area contributed by atoms with Gasteiger partial charge in [-0.15, -0.1) is 11.3 Å². The third-order valence-corrected chi connectivity index (χ3v) is 5.26. The Morgan fingerprint density at radius 2 is 2.00 bits per heavy atom. The number of oxazole rings is 1. The minimum Gasteiger partial charge on any atom is -0.441 e. The molecule has 7 heteroatoms. The first kappa shape index (κ1) is 15.2. The molecule has 0 amide bonds. The van der Waals surface area contributed by atoms with Crippen molar-refractivity contribution in [1.29, 1.82) is 0 Å². The highest BCUT2D eigenvalue weighted by atomic mass is 35.5. The van der Waals surface area contributed by atoms with E-state index < -0.39 is 0 Å². The van der Waals surface area contributed by atoms with Crippen molar-refractivity contribution in [3.05, 3.63) is 62.7 Å². The molecule has 0 aliphatic carbocycles.